The Morgan fingerprint density at radius 1 is 1.59 bits per heavy atom. The van der Waals surface area contributed by atoms with E-state index in [9.17, 15) is 4.79 Å². The molecule has 17 heavy (non-hydrogen) atoms. The minimum Gasteiger partial charge on any atom is -0.336 e. The van der Waals surface area contributed by atoms with Crippen LogP contribution in [0.5, 0.6) is 0 Å². The van der Waals surface area contributed by atoms with Gasteiger partial charge in [0.05, 0.1) is 6.04 Å². The average molecular weight is 317 g/mol. The first-order valence-electron chi connectivity index (χ1n) is 5.72. The summed E-state index contributed by atoms with van der Waals surface area (Å²) in [5.74, 6) is 1.08. The van der Waals surface area contributed by atoms with Gasteiger partial charge in [0, 0.05) is 23.3 Å². The monoisotopic (exact) mass is 315 g/mol. The number of halogens is 2. The molecule has 0 radical (unpaired) electrons. The lowest BCUT2D eigenvalue weighted by molar-refractivity contribution is -0.129. The smallest absolute Gasteiger partial charge is 0.223 e. The maximum absolute atomic E-state index is 11.9. The van der Waals surface area contributed by atoms with E-state index in [1.807, 2.05) is 17.0 Å². The van der Waals surface area contributed by atoms with E-state index in [0.717, 1.165) is 16.6 Å². The molecular formula is C13H15BrClNO. The molecule has 92 valence electrons. The quantitative estimate of drug-likeness (QED) is 0.780. The number of alkyl halides is 1. The van der Waals surface area contributed by atoms with Crippen LogP contribution >= 0.6 is 27.5 Å². The van der Waals surface area contributed by atoms with Crippen LogP contribution in [0.4, 0.5) is 0 Å². The second kappa shape index (κ2) is 5.40. The molecule has 1 heterocycles. The summed E-state index contributed by atoms with van der Waals surface area (Å²) in [7, 11) is 0. The first-order valence-corrected chi connectivity index (χ1v) is 7.05. The molecule has 0 aromatic heterocycles. The molecule has 2 rings (SSSR count). The lowest BCUT2D eigenvalue weighted by Crippen LogP contribution is -2.28. The summed E-state index contributed by atoms with van der Waals surface area (Å²) < 4.78 is 1.04. The normalized spacial score (nSPS) is 21.9. The number of likely N-dealkylation sites (tertiary alicyclic amines) is 1. The lowest BCUT2D eigenvalue weighted by Gasteiger charge is -2.25. The Morgan fingerprint density at radius 3 is 2.94 bits per heavy atom. The van der Waals surface area contributed by atoms with Crippen molar-refractivity contribution < 1.29 is 4.79 Å². The third kappa shape index (κ3) is 2.83. The zero-order valence-electron chi connectivity index (χ0n) is 9.70. The van der Waals surface area contributed by atoms with Crippen LogP contribution in [0.3, 0.4) is 0 Å². The molecule has 0 N–H and O–H groups in total. The number of amides is 1. The molecule has 1 aromatic carbocycles. The van der Waals surface area contributed by atoms with Crippen LogP contribution in [0.25, 0.3) is 0 Å². The minimum absolute atomic E-state index is 0.119. The molecule has 1 fully saturated rings. The molecule has 0 spiro atoms. The molecule has 2 atom stereocenters. The number of rotatable bonds is 3. The number of hydrogen-bond donors (Lipinski definition) is 0. The van der Waals surface area contributed by atoms with Crippen LogP contribution in [-0.4, -0.2) is 23.2 Å². The standard InChI is InChI=1S/C13H15BrClNO/c1-9(11-3-2-4-12(14)6-11)16-8-10(7-15)5-13(16)17/h2-4,6,9-10H,5,7-8H2,1H3. The van der Waals surface area contributed by atoms with Gasteiger partial charge in [-0.2, -0.15) is 0 Å². The molecule has 1 aromatic rings. The van der Waals surface area contributed by atoms with Gasteiger partial charge in [-0.05, 0) is 30.5 Å². The average Bonchev–Trinajstić information content (AvgIpc) is 2.69. The van der Waals surface area contributed by atoms with Crippen LogP contribution in [0.2, 0.25) is 0 Å². The summed E-state index contributed by atoms with van der Waals surface area (Å²) in [6.45, 7) is 2.84. The van der Waals surface area contributed by atoms with Gasteiger partial charge in [-0.1, -0.05) is 28.1 Å². The highest BCUT2D eigenvalue weighted by Gasteiger charge is 2.32. The van der Waals surface area contributed by atoms with E-state index in [0.29, 0.717) is 18.2 Å². The number of hydrogen-bond acceptors (Lipinski definition) is 1. The van der Waals surface area contributed by atoms with Gasteiger partial charge < -0.3 is 4.90 Å². The molecule has 2 unspecified atom stereocenters. The van der Waals surface area contributed by atoms with Crippen molar-refractivity contribution in [3.8, 4) is 0 Å². The largest absolute Gasteiger partial charge is 0.336 e. The van der Waals surface area contributed by atoms with Gasteiger partial charge in [0.25, 0.3) is 0 Å². The van der Waals surface area contributed by atoms with Crippen LogP contribution in [-0.2, 0) is 4.79 Å². The zero-order valence-corrected chi connectivity index (χ0v) is 12.0. The third-order valence-electron chi connectivity index (χ3n) is 3.26. The molecular weight excluding hydrogens is 302 g/mol. The highest BCUT2D eigenvalue weighted by Crippen LogP contribution is 2.29. The highest BCUT2D eigenvalue weighted by atomic mass is 79.9. The van der Waals surface area contributed by atoms with E-state index >= 15 is 0 Å². The zero-order chi connectivity index (χ0) is 12.4. The maximum atomic E-state index is 11.9. The molecule has 0 bridgehead atoms. The van der Waals surface area contributed by atoms with Crippen molar-refractivity contribution in [2.75, 3.05) is 12.4 Å². The van der Waals surface area contributed by atoms with Crippen molar-refractivity contribution >= 4 is 33.4 Å². The number of nitrogens with zero attached hydrogens (tertiary/aromatic N) is 1. The molecule has 0 saturated carbocycles. The Bertz CT molecular complexity index is 424. The lowest BCUT2D eigenvalue weighted by atomic mass is 10.1. The van der Waals surface area contributed by atoms with Gasteiger partial charge in [0.15, 0.2) is 0 Å². The van der Waals surface area contributed by atoms with E-state index in [1.54, 1.807) is 0 Å². The molecule has 1 saturated heterocycles. The van der Waals surface area contributed by atoms with Gasteiger partial charge in [0.2, 0.25) is 5.91 Å². The number of benzene rings is 1. The van der Waals surface area contributed by atoms with Crippen molar-refractivity contribution in [3.63, 3.8) is 0 Å². The fourth-order valence-corrected chi connectivity index (χ4v) is 2.86. The van der Waals surface area contributed by atoms with Crippen LogP contribution < -0.4 is 0 Å². The maximum Gasteiger partial charge on any atom is 0.223 e. The van der Waals surface area contributed by atoms with E-state index in [1.165, 1.54) is 0 Å². The SMILES string of the molecule is CC(c1cccc(Br)c1)N1CC(CCl)CC1=O. The molecule has 0 aliphatic carbocycles. The summed E-state index contributed by atoms with van der Waals surface area (Å²) in [5.41, 5.74) is 1.16. The highest BCUT2D eigenvalue weighted by molar-refractivity contribution is 9.10. The minimum atomic E-state index is 0.119. The fourth-order valence-electron chi connectivity index (χ4n) is 2.23. The molecule has 1 aliphatic rings. The van der Waals surface area contributed by atoms with Crippen molar-refractivity contribution in [2.24, 2.45) is 5.92 Å². The Morgan fingerprint density at radius 2 is 2.35 bits per heavy atom. The predicted molar refractivity (Wildman–Crippen MR) is 73.1 cm³/mol. The van der Waals surface area contributed by atoms with Crippen molar-refractivity contribution in [1.29, 1.82) is 0 Å². The Balaban J connectivity index is 2.15. The van der Waals surface area contributed by atoms with Crippen molar-refractivity contribution in [2.45, 2.75) is 19.4 Å². The van der Waals surface area contributed by atoms with Crippen molar-refractivity contribution in [1.82, 2.24) is 4.90 Å². The summed E-state index contributed by atoms with van der Waals surface area (Å²) in [4.78, 5) is 13.8. The van der Waals surface area contributed by atoms with Gasteiger partial charge in [-0.15, -0.1) is 11.6 Å². The van der Waals surface area contributed by atoms with Gasteiger partial charge >= 0.3 is 0 Å². The Kier molecular flexibility index (Phi) is 4.10. The second-order valence-electron chi connectivity index (χ2n) is 4.50. The van der Waals surface area contributed by atoms with E-state index in [-0.39, 0.29) is 11.9 Å². The van der Waals surface area contributed by atoms with Gasteiger partial charge in [0.1, 0.15) is 0 Å². The molecule has 4 heteroatoms. The van der Waals surface area contributed by atoms with Crippen LogP contribution in [0, 0.1) is 5.92 Å². The second-order valence-corrected chi connectivity index (χ2v) is 5.73. The fraction of sp³-hybridized carbons (Fsp3) is 0.462. The number of carbonyl (C=O) groups is 1. The van der Waals surface area contributed by atoms with E-state index in [4.69, 9.17) is 11.6 Å². The van der Waals surface area contributed by atoms with Crippen LogP contribution in [0.1, 0.15) is 24.9 Å². The van der Waals surface area contributed by atoms with Crippen LogP contribution in [0.15, 0.2) is 28.7 Å². The third-order valence-corrected chi connectivity index (χ3v) is 4.19. The van der Waals surface area contributed by atoms with Gasteiger partial charge in [-0.25, -0.2) is 0 Å². The van der Waals surface area contributed by atoms with E-state index in [2.05, 4.69) is 35.0 Å². The summed E-state index contributed by atoms with van der Waals surface area (Å²) in [5, 5.41) is 0. The van der Waals surface area contributed by atoms with Gasteiger partial charge in [-0.3, -0.25) is 4.79 Å². The Hall–Kier alpha value is -0.540. The first kappa shape index (κ1) is 12.9. The summed E-state index contributed by atoms with van der Waals surface area (Å²) in [6.07, 6.45) is 0.585. The summed E-state index contributed by atoms with van der Waals surface area (Å²) in [6, 6.07) is 8.22. The van der Waals surface area contributed by atoms with E-state index < -0.39 is 0 Å². The first-order chi connectivity index (χ1) is 8.11. The molecule has 2 nitrogen and oxygen atoms in total. The molecule has 1 amide bonds. The predicted octanol–water partition coefficient (Wildman–Crippen LogP) is 3.60. The Labute approximate surface area is 115 Å². The topological polar surface area (TPSA) is 20.3 Å². The van der Waals surface area contributed by atoms with Crippen molar-refractivity contribution in [3.05, 3.63) is 34.3 Å². The summed E-state index contributed by atoms with van der Waals surface area (Å²) >= 11 is 9.28. The molecule has 1 aliphatic heterocycles. The number of carbonyl (C=O) groups excluding carboxylic acids is 1.